The molecule has 3 N–H and O–H groups in total. The first-order chi connectivity index (χ1) is 16.1. The van der Waals surface area contributed by atoms with Gasteiger partial charge in [-0.2, -0.15) is 0 Å². The Bertz CT molecular complexity index is 1130. The van der Waals surface area contributed by atoms with Gasteiger partial charge in [0.2, 0.25) is 5.88 Å². The van der Waals surface area contributed by atoms with Crippen LogP contribution in [0.25, 0.3) is 11.3 Å². The highest BCUT2D eigenvalue weighted by Crippen LogP contribution is 2.37. The summed E-state index contributed by atoms with van der Waals surface area (Å²) in [6.45, 7) is 7.79. The molecule has 0 bridgehead atoms. The molecule has 34 heavy (non-hydrogen) atoms. The Labute approximate surface area is 210 Å². The molecule has 0 saturated heterocycles. The molecule has 2 atom stereocenters. The van der Waals surface area contributed by atoms with Crippen molar-refractivity contribution in [3.63, 3.8) is 0 Å². The van der Waals surface area contributed by atoms with Crippen LogP contribution in [0.4, 0.5) is 18.9 Å². The zero-order valence-corrected chi connectivity index (χ0v) is 21.3. The van der Waals surface area contributed by atoms with Crippen molar-refractivity contribution in [3.8, 4) is 17.1 Å². The molecule has 0 aliphatic carbocycles. The highest BCUT2D eigenvalue weighted by molar-refractivity contribution is 14.1. The molecule has 2 heterocycles. The van der Waals surface area contributed by atoms with Gasteiger partial charge in [-0.25, -0.2) is 18.2 Å². The van der Waals surface area contributed by atoms with Crippen molar-refractivity contribution in [2.24, 2.45) is 0 Å². The molecule has 1 aliphatic heterocycles. The molecule has 3 rings (SSSR count). The first kappa shape index (κ1) is 26.0. The number of pyridine rings is 1. The third-order valence-electron chi connectivity index (χ3n) is 5.70. The highest BCUT2D eigenvalue weighted by atomic mass is 127. The van der Waals surface area contributed by atoms with Crippen molar-refractivity contribution < 1.29 is 22.7 Å². The lowest BCUT2D eigenvalue weighted by atomic mass is 10.0. The standard InChI is InChI=1S/C24H26F3IN4O2/c1-5-6-7-14-11-30-23(33)15-10-16(25)22(31-24(15)34-12(2)8-9-32(14)4)17-19(27)21(29)18(26)13(3)20(17)28/h5-7,10,12,14H,1,8-9,11,29H2,2-4H3,(H,30,33)/b7-6+/t12-,14?/m0/s1. The maximum atomic E-state index is 15.2. The Morgan fingerprint density at radius 1 is 1.35 bits per heavy atom. The van der Waals surface area contributed by atoms with Gasteiger partial charge in [-0.15, -0.1) is 0 Å². The summed E-state index contributed by atoms with van der Waals surface area (Å²) < 4.78 is 50.4. The van der Waals surface area contributed by atoms with Crippen LogP contribution in [-0.4, -0.2) is 48.1 Å². The molecule has 1 unspecified atom stereocenters. The number of halogens is 4. The second-order valence-corrected chi connectivity index (χ2v) is 9.20. The van der Waals surface area contributed by atoms with Gasteiger partial charge < -0.3 is 15.8 Å². The lowest BCUT2D eigenvalue weighted by molar-refractivity contribution is 0.0941. The van der Waals surface area contributed by atoms with Crippen LogP contribution in [0.3, 0.4) is 0 Å². The fourth-order valence-corrected chi connectivity index (χ4v) is 4.32. The third kappa shape index (κ3) is 5.22. The number of nitrogens with zero attached hydrogens (tertiary/aromatic N) is 2. The Balaban J connectivity index is 2.12. The number of likely N-dealkylation sites (N-methyl/N-ethyl adjacent to an activating group) is 1. The molecular weight excluding hydrogens is 560 g/mol. The number of fused-ring (bicyclic) bond motifs is 1. The van der Waals surface area contributed by atoms with Gasteiger partial charge in [0.05, 0.1) is 11.7 Å². The largest absolute Gasteiger partial charge is 0.474 e. The molecule has 1 aromatic carbocycles. The molecule has 2 aromatic rings. The summed E-state index contributed by atoms with van der Waals surface area (Å²) in [7, 11) is 1.92. The van der Waals surface area contributed by atoms with Crippen molar-refractivity contribution in [3.05, 3.63) is 63.0 Å². The van der Waals surface area contributed by atoms with Crippen molar-refractivity contribution >= 4 is 34.2 Å². The normalized spacial score (nSPS) is 19.8. The minimum absolute atomic E-state index is 0.0703. The summed E-state index contributed by atoms with van der Waals surface area (Å²) in [6, 6.07) is 0.842. The predicted octanol–water partition coefficient (Wildman–Crippen LogP) is 4.60. The minimum Gasteiger partial charge on any atom is -0.474 e. The lowest BCUT2D eigenvalue weighted by Crippen LogP contribution is -2.41. The number of nitrogens with two attached hydrogens (primary N) is 1. The second-order valence-electron chi connectivity index (χ2n) is 8.12. The van der Waals surface area contributed by atoms with E-state index in [0.29, 0.717) is 13.0 Å². The van der Waals surface area contributed by atoms with E-state index in [1.54, 1.807) is 41.7 Å². The van der Waals surface area contributed by atoms with E-state index in [1.807, 2.05) is 13.1 Å². The number of rotatable bonds is 3. The van der Waals surface area contributed by atoms with E-state index in [1.165, 1.54) is 6.92 Å². The number of anilines is 1. The molecule has 0 fully saturated rings. The molecule has 182 valence electrons. The number of amides is 1. The molecule has 1 aromatic heterocycles. The molecule has 0 saturated carbocycles. The first-order valence-electron chi connectivity index (χ1n) is 10.6. The third-order valence-corrected chi connectivity index (χ3v) is 7.05. The molecule has 1 amide bonds. The first-order valence-corrected chi connectivity index (χ1v) is 11.7. The van der Waals surface area contributed by atoms with Crippen LogP contribution in [0.15, 0.2) is 30.9 Å². The van der Waals surface area contributed by atoms with E-state index in [0.717, 1.165) is 6.07 Å². The lowest BCUT2D eigenvalue weighted by Gasteiger charge is -2.26. The minimum atomic E-state index is -1.12. The number of allylic oxidation sites excluding steroid dienone is 2. The number of benzene rings is 1. The highest BCUT2D eigenvalue weighted by Gasteiger charge is 2.28. The summed E-state index contributed by atoms with van der Waals surface area (Å²) in [5.41, 5.74) is 4.11. The van der Waals surface area contributed by atoms with Gasteiger partial charge >= 0.3 is 0 Å². The smallest absolute Gasteiger partial charge is 0.256 e. The van der Waals surface area contributed by atoms with E-state index >= 15 is 4.39 Å². The van der Waals surface area contributed by atoms with E-state index in [4.69, 9.17) is 10.5 Å². The molecular formula is C24H26F3IN4O2. The summed E-state index contributed by atoms with van der Waals surface area (Å²) in [6.07, 6.45) is 5.55. The molecule has 1 aliphatic rings. The van der Waals surface area contributed by atoms with Crippen LogP contribution < -0.4 is 15.8 Å². The van der Waals surface area contributed by atoms with Crippen LogP contribution in [0, 0.1) is 27.9 Å². The van der Waals surface area contributed by atoms with Gasteiger partial charge in [-0.1, -0.05) is 24.8 Å². The number of hydrogen-bond donors (Lipinski definition) is 2. The number of aromatic nitrogens is 1. The van der Waals surface area contributed by atoms with Crippen molar-refractivity contribution in [2.45, 2.75) is 32.4 Å². The van der Waals surface area contributed by atoms with Gasteiger partial charge in [0.15, 0.2) is 17.5 Å². The fourth-order valence-electron chi connectivity index (χ4n) is 3.59. The number of nitrogens with one attached hydrogen (secondary N) is 1. The van der Waals surface area contributed by atoms with Crippen molar-refractivity contribution in [1.82, 2.24) is 15.2 Å². The maximum absolute atomic E-state index is 15.2. The zero-order valence-electron chi connectivity index (χ0n) is 19.1. The fraction of sp³-hybridized carbons (Fsp3) is 0.333. The van der Waals surface area contributed by atoms with E-state index in [9.17, 15) is 13.6 Å². The van der Waals surface area contributed by atoms with E-state index < -0.39 is 34.7 Å². The van der Waals surface area contributed by atoms with Crippen LogP contribution in [0.5, 0.6) is 5.88 Å². The van der Waals surface area contributed by atoms with Crippen LogP contribution >= 0.6 is 22.6 Å². The van der Waals surface area contributed by atoms with Crippen LogP contribution in [-0.2, 0) is 0 Å². The summed E-state index contributed by atoms with van der Waals surface area (Å²) >= 11 is 1.72. The number of carbonyl (C=O) groups is 1. The maximum Gasteiger partial charge on any atom is 0.256 e. The zero-order chi connectivity index (χ0) is 25.2. The van der Waals surface area contributed by atoms with Gasteiger partial charge in [0, 0.05) is 28.3 Å². The second kappa shape index (κ2) is 10.8. The predicted molar refractivity (Wildman–Crippen MR) is 134 cm³/mol. The van der Waals surface area contributed by atoms with Crippen LogP contribution in [0.2, 0.25) is 0 Å². The van der Waals surface area contributed by atoms with Crippen molar-refractivity contribution in [1.29, 1.82) is 0 Å². The molecule has 0 radical (unpaired) electrons. The summed E-state index contributed by atoms with van der Waals surface area (Å²) in [4.78, 5) is 19.2. The number of nitrogen functional groups attached to an aromatic ring is 1. The average Bonchev–Trinajstić information content (AvgIpc) is 2.82. The number of ether oxygens (including phenoxy) is 1. The molecule has 0 spiro atoms. The van der Waals surface area contributed by atoms with Gasteiger partial charge in [0.1, 0.15) is 16.9 Å². The van der Waals surface area contributed by atoms with E-state index in [2.05, 4.69) is 21.8 Å². The Morgan fingerprint density at radius 3 is 2.74 bits per heavy atom. The Morgan fingerprint density at radius 2 is 2.06 bits per heavy atom. The van der Waals surface area contributed by atoms with Gasteiger partial charge in [0.25, 0.3) is 5.91 Å². The topological polar surface area (TPSA) is 80.5 Å². The summed E-state index contributed by atoms with van der Waals surface area (Å²) in [5, 5.41) is 2.78. The SMILES string of the molecule is C=C/C=C/C1CNC(=O)c2cc(F)c(-c3c(F)c(N)c(F)c(C)c3I)nc2O[C@@H](C)CCN1C. The van der Waals surface area contributed by atoms with Gasteiger partial charge in [-0.05, 0) is 56.0 Å². The summed E-state index contributed by atoms with van der Waals surface area (Å²) in [5.74, 6) is -3.71. The average molecular weight is 586 g/mol. The Kier molecular flexibility index (Phi) is 8.24. The quantitative estimate of drug-likeness (QED) is 0.312. The number of carbonyl (C=O) groups excluding carboxylic acids is 1. The molecule has 10 heteroatoms. The Hall–Kier alpha value is -2.60. The molecule has 6 nitrogen and oxygen atoms in total. The van der Waals surface area contributed by atoms with Crippen LogP contribution in [0.1, 0.15) is 29.3 Å². The monoisotopic (exact) mass is 586 g/mol. The number of hydrogen-bond acceptors (Lipinski definition) is 5. The van der Waals surface area contributed by atoms with Gasteiger partial charge in [-0.3, -0.25) is 9.69 Å². The van der Waals surface area contributed by atoms with E-state index in [-0.39, 0.29) is 44.8 Å². The van der Waals surface area contributed by atoms with Crippen molar-refractivity contribution in [2.75, 3.05) is 25.9 Å².